The normalized spacial score (nSPS) is 23.1. The van der Waals surface area contributed by atoms with E-state index in [2.05, 4.69) is 31.0 Å². The van der Waals surface area contributed by atoms with E-state index in [1.54, 1.807) is 0 Å². The number of thioether (sulfide) groups is 1. The molecule has 0 saturated heterocycles. The lowest BCUT2D eigenvalue weighted by Crippen LogP contribution is -2.51. The molecule has 0 aromatic rings. The molecule has 1 rings (SSSR count). The highest BCUT2D eigenvalue weighted by molar-refractivity contribution is 7.99. The molecule has 0 aromatic heterocycles. The number of hydrogen-bond donors (Lipinski definition) is 1. The van der Waals surface area contributed by atoms with Crippen LogP contribution in [0.25, 0.3) is 0 Å². The van der Waals surface area contributed by atoms with Crippen LogP contribution in [0.2, 0.25) is 0 Å². The molecule has 0 spiro atoms. The third kappa shape index (κ3) is 4.85. The van der Waals surface area contributed by atoms with E-state index >= 15 is 0 Å². The van der Waals surface area contributed by atoms with Crippen LogP contribution in [0.3, 0.4) is 0 Å². The average Bonchev–Trinajstić information content (AvgIpc) is 2.84. The maximum absolute atomic E-state index is 12.3. The van der Waals surface area contributed by atoms with Gasteiger partial charge in [0.1, 0.15) is 0 Å². The van der Waals surface area contributed by atoms with Gasteiger partial charge in [-0.25, -0.2) is 4.79 Å². The minimum absolute atomic E-state index is 0.0211. The first-order valence-electron chi connectivity index (χ1n) is 7.57. The second-order valence-corrected chi connectivity index (χ2v) is 8.10. The average molecular weight is 302 g/mol. The molecule has 4 nitrogen and oxygen atoms in total. The van der Waals surface area contributed by atoms with Crippen molar-refractivity contribution in [3.63, 3.8) is 0 Å². The standard InChI is InChI=1S/C15H31N3OS/c1-7-20-13-9-8-12(10-13)18(6)14(19)16-11-15(2,3)17(4)5/h12-13H,7-11H2,1-6H3,(H,16,19)/t12-,13-/m1/s1. The summed E-state index contributed by atoms with van der Waals surface area (Å²) in [7, 11) is 6.01. The number of nitrogens with one attached hydrogen (secondary N) is 1. The summed E-state index contributed by atoms with van der Waals surface area (Å²) in [5.74, 6) is 1.17. The summed E-state index contributed by atoms with van der Waals surface area (Å²) < 4.78 is 0. The van der Waals surface area contributed by atoms with Crippen molar-refractivity contribution in [3.8, 4) is 0 Å². The van der Waals surface area contributed by atoms with Gasteiger partial charge in [0.05, 0.1) is 0 Å². The molecule has 0 unspecified atom stereocenters. The number of nitrogens with zero attached hydrogens (tertiary/aromatic N) is 2. The van der Waals surface area contributed by atoms with Crippen LogP contribution >= 0.6 is 11.8 Å². The number of carbonyl (C=O) groups excluding carboxylic acids is 1. The number of hydrogen-bond acceptors (Lipinski definition) is 3. The summed E-state index contributed by atoms with van der Waals surface area (Å²) in [6.07, 6.45) is 3.52. The van der Waals surface area contributed by atoms with Gasteiger partial charge in [0.25, 0.3) is 0 Å². The molecule has 0 aromatic carbocycles. The zero-order valence-electron chi connectivity index (χ0n) is 13.9. The van der Waals surface area contributed by atoms with Crippen molar-refractivity contribution in [2.24, 2.45) is 0 Å². The summed E-state index contributed by atoms with van der Waals surface area (Å²) in [4.78, 5) is 16.3. The van der Waals surface area contributed by atoms with Gasteiger partial charge in [-0.2, -0.15) is 11.8 Å². The fraction of sp³-hybridized carbons (Fsp3) is 0.933. The molecule has 1 aliphatic carbocycles. The van der Waals surface area contributed by atoms with Crippen LogP contribution in [-0.2, 0) is 0 Å². The molecule has 1 N–H and O–H groups in total. The third-order valence-electron chi connectivity index (χ3n) is 4.51. The molecule has 0 heterocycles. The number of rotatable bonds is 6. The lowest BCUT2D eigenvalue weighted by molar-refractivity contribution is 0.166. The molecule has 5 heteroatoms. The van der Waals surface area contributed by atoms with E-state index in [1.165, 1.54) is 12.2 Å². The monoisotopic (exact) mass is 301 g/mol. The van der Waals surface area contributed by atoms with Gasteiger partial charge in [-0.3, -0.25) is 0 Å². The van der Waals surface area contributed by atoms with Crippen molar-refractivity contribution in [1.82, 2.24) is 15.1 Å². The number of likely N-dealkylation sites (N-methyl/N-ethyl adjacent to an activating group) is 1. The van der Waals surface area contributed by atoms with Gasteiger partial charge in [-0.1, -0.05) is 6.92 Å². The quantitative estimate of drug-likeness (QED) is 0.819. The zero-order chi connectivity index (χ0) is 15.3. The lowest BCUT2D eigenvalue weighted by atomic mass is 10.0. The van der Waals surface area contributed by atoms with Crippen molar-refractivity contribution in [2.45, 2.75) is 56.9 Å². The van der Waals surface area contributed by atoms with Crippen molar-refractivity contribution in [3.05, 3.63) is 0 Å². The van der Waals surface area contributed by atoms with Gasteiger partial charge in [0, 0.05) is 30.4 Å². The van der Waals surface area contributed by atoms with Gasteiger partial charge in [0.2, 0.25) is 0 Å². The van der Waals surface area contributed by atoms with Gasteiger partial charge in [-0.05, 0) is 53.0 Å². The van der Waals surface area contributed by atoms with E-state index in [0.29, 0.717) is 12.6 Å². The van der Waals surface area contributed by atoms with E-state index in [-0.39, 0.29) is 11.6 Å². The molecule has 2 amide bonds. The van der Waals surface area contributed by atoms with Gasteiger partial charge < -0.3 is 15.1 Å². The molecule has 118 valence electrons. The van der Waals surface area contributed by atoms with Crippen LogP contribution in [0.5, 0.6) is 0 Å². The Bertz CT molecular complexity index is 320. The van der Waals surface area contributed by atoms with Crippen molar-refractivity contribution in [1.29, 1.82) is 0 Å². The Hall–Kier alpha value is -0.420. The maximum Gasteiger partial charge on any atom is 0.317 e. The Morgan fingerprint density at radius 1 is 1.30 bits per heavy atom. The molecule has 1 saturated carbocycles. The van der Waals surface area contributed by atoms with Crippen LogP contribution in [-0.4, -0.2) is 66.1 Å². The van der Waals surface area contributed by atoms with Crippen molar-refractivity contribution >= 4 is 17.8 Å². The summed E-state index contributed by atoms with van der Waals surface area (Å²) >= 11 is 2.03. The van der Waals surface area contributed by atoms with Crippen LogP contribution in [0.1, 0.15) is 40.0 Å². The predicted molar refractivity (Wildman–Crippen MR) is 88.5 cm³/mol. The van der Waals surface area contributed by atoms with Crippen LogP contribution < -0.4 is 5.32 Å². The van der Waals surface area contributed by atoms with Gasteiger partial charge >= 0.3 is 6.03 Å². The van der Waals surface area contributed by atoms with E-state index in [4.69, 9.17) is 0 Å². The smallest absolute Gasteiger partial charge is 0.317 e. The fourth-order valence-electron chi connectivity index (χ4n) is 2.40. The van der Waals surface area contributed by atoms with E-state index in [1.807, 2.05) is 37.8 Å². The molecule has 0 radical (unpaired) electrons. The van der Waals surface area contributed by atoms with Crippen molar-refractivity contribution < 1.29 is 4.79 Å². The fourth-order valence-corrected chi connectivity index (χ4v) is 3.53. The molecule has 1 aliphatic rings. The van der Waals surface area contributed by atoms with E-state index < -0.39 is 0 Å². The number of urea groups is 1. The summed E-state index contributed by atoms with van der Waals surface area (Å²) in [5, 5.41) is 3.80. The number of amides is 2. The second-order valence-electron chi connectivity index (χ2n) is 6.52. The molecule has 0 aliphatic heterocycles. The summed E-state index contributed by atoms with van der Waals surface area (Å²) in [5.41, 5.74) is -0.0211. The summed E-state index contributed by atoms with van der Waals surface area (Å²) in [6.45, 7) is 7.15. The molecule has 1 fully saturated rings. The highest BCUT2D eigenvalue weighted by atomic mass is 32.2. The van der Waals surface area contributed by atoms with E-state index in [9.17, 15) is 4.79 Å². The Morgan fingerprint density at radius 3 is 2.50 bits per heavy atom. The van der Waals surface area contributed by atoms with Gasteiger partial charge in [-0.15, -0.1) is 0 Å². The first-order valence-corrected chi connectivity index (χ1v) is 8.62. The van der Waals surface area contributed by atoms with Crippen LogP contribution in [0.4, 0.5) is 4.79 Å². The molecule has 0 bridgehead atoms. The van der Waals surface area contributed by atoms with Crippen molar-refractivity contribution in [2.75, 3.05) is 33.4 Å². The minimum Gasteiger partial charge on any atom is -0.336 e. The molecular formula is C15H31N3OS. The minimum atomic E-state index is -0.0211. The largest absolute Gasteiger partial charge is 0.336 e. The lowest BCUT2D eigenvalue weighted by Gasteiger charge is -2.34. The number of carbonyl (C=O) groups is 1. The molecule has 2 atom stereocenters. The SMILES string of the molecule is CCS[C@@H]1CC[C@@H](N(C)C(=O)NCC(C)(C)N(C)C)C1. The topological polar surface area (TPSA) is 35.6 Å². The first kappa shape index (κ1) is 17.6. The van der Waals surface area contributed by atoms with E-state index in [0.717, 1.165) is 18.1 Å². The van der Waals surface area contributed by atoms with Gasteiger partial charge in [0.15, 0.2) is 0 Å². The Morgan fingerprint density at radius 2 is 1.95 bits per heavy atom. The highest BCUT2D eigenvalue weighted by Crippen LogP contribution is 2.32. The molecule has 20 heavy (non-hydrogen) atoms. The Labute approximate surface area is 128 Å². The summed E-state index contributed by atoms with van der Waals surface area (Å²) in [6, 6.07) is 0.466. The van der Waals surface area contributed by atoms with Crippen LogP contribution in [0, 0.1) is 0 Å². The molecular weight excluding hydrogens is 270 g/mol. The Kier molecular flexibility index (Phi) is 6.65. The second kappa shape index (κ2) is 7.55. The third-order valence-corrected chi connectivity index (χ3v) is 5.74. The van der Waals surface area contributed by atoms with Crippen LogP contribution in [0.15, 0.2) is 0 Å². The predicted octanol–water partition coefficient (Wildman–Crippen LogP) is 2.64. The highest BCUT2D eigenvalue weighted by Gasteiger charge is 2.30. The first-order chi connectivity index (χ1) is 9.27. The maximum atomic E-state index is 12.3. The zero-order valence-corrected chi connectivity index (χ0v) is 14.7. The Balaban J connectivity index is 2.40.